The molecule has 0 saturated carbocycles. The number of methoxy groups -OCH3 is 1. The van der Waals surface area contributed by atoms with E-state index in [0.717, 1.165) is 5.57 Å². The number of allylic oxidation sites excluding steroid dienone is 2. The molecule has 2 aliphatic rings. The van der Waals surface area contributed by atoms with E-state index in [2.05, 4.69) is 0 Å². The molecule has 188 valence electrons. The Morgan fingerprint density at radius 3 is 2.47 bits per heavy atom. The van der Waals surface area contributed by atoms with E-state index in [1.165, 1.54) is 7.11 Å². The van der Waals surface area contributed by atoms with Crippen LogP contribution in [0.5, 0.6) is 11.5 Å². The number of hydrogen-bond acceptors (Lipinski definition) is 10. The van der Waals surface area contributed by atoms with E-state index < -0.39 is 49.3 Å². The largest absolute Gasteiger partial charge is 0.496 e. The van der Waals surface area contributed by atoms with Crippen LogP contribution in [0.25, 0.3) is 0 Å². The van der Waals surface area contributed by atoms with Gasteiger partial charge in [-0.1, -0.05) is 11.6 Å². The number of carbonyl (C=O) groups excluding carboxylic acids is 1. The number of benzene rings is 1. The summed E-state index contributed by atoms with van der Waals surface area (Å²) in [5.74, 6) is -1.13. The summed E-state index contributed by atoms with van der Waals surface area (Å²) < 4.78 is 22.2. The third kappa shape index (κ3) is 5.03. The molecule has 2 aliphatic heterocycles. The van der Waals surface area contributed by atoms with Crippen LogP contribution in [0.1, 0.15) is 46.8 Å². The number of aliphatic hydroxyl groups is 4. The molecule has 0 bridgehead atoms. The van der Waals surface area contributed by atoms with Crippen molar-refractivity contribution in [1.82, 2.24) is 0 Å². The first kappa shape index (κ1) is 25.9. The second-order valence-corrected chi connectivity index (χ2v) is 8.36. The fourth-order valence-electron chi connectivity index (χ4n) is 4.10. The minimum Gasteiger partial charge on any atom is -0.496 e. The molecule has 5 atom stereocenters. The Hall–Kier alpha value is -2.70. The average molecular weight is 482 g/mol. The van der Waals surface area contributed by atoms with E-state index in [9.17, 15) is 30.0 Å². The quantitative estimate of drug-likeness (QED) is 0.240. The van der Waals surface area contributed by atoms with Crippen LogP contribution in [-0.4, -0.2) is 81.9 Å². The predicted molar refractivity (Wildman–Crippen MR) is 116 cm³/mol. The van der Waals surface area contributed by atoms with Gasteiger partial charge in [0, 0.05) is 17.5 Å². The number of esters is 1. The normalized spacial score (nSPS) is 26.7. The lowest BCUT2D eigenvalue weighted by molar-refractivity contribution is -0.277. The molecule has 0 aromatic heterocycles. The second kappa shape index (κ2) is 10.7. The molecule has 2 heterocycles. The van der Waals surface area contributed by atoms with Crippen LogP contribution in [0.4, 0.5) is 0 Å². The number of carboxylic acids is 1. The summed E-state index contributed by atoms with van der Waals surface area (Å²) in [5, 5.41) is 49.0. The van der Waals surface area contributed by atoms with Crippen LogP contribution >= 0.6 is 0 Å². The topological polar surface area (TPSA) is 172 Å². The predicted octanol–water partition coefficient (Wildman–Crippen LogP) is 0.206. The molecule has 0 amide bonds. The summed E-state index contributed by atoms with van der Waals surface area (Å²) in [6.45, 7) is 2.90. The lowest BCUT2D eigenvalue weighted by atomic mass is 9.94. The van der Waals surface area contributed by atoms with Gasteiger partial charge in [-0.05, 0) is 32.3 Å². The molecular weight excluding hydrogens is 452 g/mol. The Morgan fingerprint density at radius 2 is 1.85 bits per heavy atom. The average Bonchev–Trinajstić information content (AvgIpc) is 3.20. The molecule has 5 N–H and O–H groups in total. The van der Waals surface area contributed by atoms with Gasteiger partial charge < -0.3 is 44.5 Å². The molecule has 0 spiro atoms. The third-order valence-corrected chi connectivity index (χ3v) is 6.10. The van der Waals surface area contributed by atoms with Gasteiger partial charge in [-0.15, -0.1) is 0 Å². The molecule has 1 aromatic rings. The van der Waals surface area contributed by atoms with Crippen molar-refractivity contribution in [1.29, 1.82) is 0 Å². The summed E-state index contributed by atoms with van der Waals surface area (Å²) in [6, 6.07) is 0. The van der Waals surface area contributed by atoms with Crippen molar-refractivity contribution in [3.63, 3.8) is 0 Å². The van der Waals surface area contributed by atoms with E-state index >= 15 is 0 Å². The van der Waals surface area contributed by atoms with Crippen molar-refractivity contribution >= 4 is 11.9 Å². The molecule has 11 heteroatoms. The Bertz CT molecular complexity index is 968. The zero-order valence-corrected chi connectivity index (χ0v) is 19.2. The number of carboxylic acid groups (broad SMARTS) is 1. The second-order valence-electron chi connectivity index (χ2n) is 8.36. The van der Waals surface area contributed by atoms with Gasteiger partial charge in [-0.25, -0.2) is 4.79 Å². The number of fused-ring (bicyclic) bond motifs is 1. The highest BCUT2D eigenvalue weighted by Gasteiger charge is 2.46. The fraction of sp³-hybridized carbons (Fsp3) is 0.565. The Balaban J connectivity index is 2.06. The van der Waals surface area contributed by atoms with E-state index in [1.54, 1.807) is 19.9 Å². The molecule has 2 unspecified atom stereocenters. The van der Waals surface area contributed by atoms with Crippen molar-refractivity contribution in [2.45, 2.75) is 70.4 Å². The van der Waals surface area contributed by atoms with Gasteiger partial charge in [-0.2, -0.15) is 0 Å². The monoisotopic (exact) mass is 482 g/mol. The van der Waals surface area contributed by atoms with Crippen molar-refractivity contribution in [2.75, 3.05) is 13.7 Å². The van der Waals surface area contributed by atoms with Gasteiger partial charge in [-0.3, -0.25) is 4.79 Å². The molecule has 1 aromatic carbocycles. The molecule has 34 heavy (non-hydrogen) atoms. The minimum absolute atomic E-state index is 0.00480. The molecule has 1 fully saturated rings. The number of ether oxygens (including phenoxy) is 4. The third-order valence-electron chi connectivity index (χ3n) is 6.10. The number of cyclic esters (lactones) is 1. The van der Waals surface area contributed by atoms with Crippen LogP contribution in [-0.2, 0) is 27.3 Å². The highest BCUT2D eigenvalue weighted by molar-refractivity contribution is 5.98. The Labute approximate surface area is 196 Å². The summed E-state index contributed by atoms with van der Waals surface area (Å²) in [6.07, 6.45) is -5.36. The SMILES string of the molecule is COc1c(C)c2c(c(O[C@@H]3OC(CO)[C@H](O)[C@H](O)C3O)c1CC=C(C)CCC(=O)O)C(=O)OC2. The fourth-order valence-corrected chi connectivity index (χ4v) is 4.10. The maximum absolute atomic E-state index is 12.6. The van der Waals surface area contributed by atoms with Crippen molar-refractivity contribution in [3.8, 4) is 11.5 Å². The molecule has 0 radical (unpaired) electrons. The summed E-state index contributed by atoms with van der Waals surface area (Å²) in [5.41, 5.74) is 2.56. The van der Waals surface area contributed by atoms with Gasteiger partial charge in [0.25, 0.3) is 0 Å². The lowest BCUT2D eigenvalue weighted by Crippen LogP contribution is -2.60. The van der Waals surface area contributed by atoms with Crippen molar-refractivity contribution in [3.05, 3.63) is 33.9 Å². The molecule has 1 saturated heterocycles. The summed E-state index contributed by atoms with van der Waals surface area (Å²) in [7, 11) is 1.45. The van der Waals surface area contributed by atoms with E-state index in [0.29, 0.717) is 28.9 Å². The van der Waals surface area contributed by atoms with E-state index in [1.807, 2.05) is 0 Å². The zero-order chi connectivity index (χ0) is 25.2. The number of hydrogen-bond donors (Lipinski definition) is 5. The first-order valence-electron chi connectivity index (χ1n) is 10.8. The minimum atomic E-state index is -1.68. The number of rotatable bonds is 9. The van der Waals surface area contributed by atoms with Crippen LogP contribution in [0.2, 0.25) is 0 Å². The maximum Gasteiger partial charge on any atom is 0.342 e. The van der Waals surface area contributed by atoms with E-state index in [-0.39, 0.29) is 30.8 Å². The standard InChI is InChI=1S/C23H30O11/c1-10(5-7-15(25)26)4-6-12-20(31-3)11(2)13-9-32-22(30)16(13)21(12)34-23-19(29)18(28)17(27)14(8-24)33-23/h4,14,17-19,23-24,27-29H,5-9H2,1-3H3,(H,25,26)/t14?,17-,18-,19?,23-/m0/s1. The van der Waals surface area contributed by atoms with Gasteiger partial charge >= 0.3 is 11.9 Å². The maximum atomic E-state index is 12.6. The van der Waals surface area contributed by atoms with Crippen molar-refractivity contribution < 1.29 is 54.1 Å². The highest BCUT2D eigenvalue weighted by atomic mass is 16.7. The molecular formula is C23H30O11. The number of carbonyl (C=O) groups is 2. The summed E-state index contributed by atoms with van der Waals surface area (Å²) in [4.78, 5) is 23.5. The summed E-state index contributed by atoms with van der Waals surface area (Å²) >= 11 is 0. The van der Waals surface area contributed by atoms with Gasteiger partial charge in [0.2, 0.25) is 6.29 Å². The Kier molecular flexibility index (Phi) is 8.16. The van der Waals surface area contributed by atoms with Crippen LogP contribution < -0.4 is 9.47 Å². The van der Waals surface area contributed by atoms with Gasteiger partial charge in [0.1, 0.15) is 48.1 Å². The van der Waals surface area contributed by atoms with Crippen LogP contribution in [0, 0.1) is 6.92 Å². The number of aliphatic carboxylic acids is 1. The molecule has 3 rings (SSSR count). The molecule has 0 aliphatic carbocycles. The molecule has 11 nitrogen and oxygen atoms in total. The van der Waals surface area contributed by atoms with Crippen LogP contribution in [0.3, 0.4) is 0 Å². The first-order chi connectivity index (χ1) is 16.1. The van der Waals surface area contributed by atoms with Crippen LogP contribution in [0.15, 0.2) is 11.6 Å². The first-order valence-corrected chi connectivity index (χ1v) is 10.8. The number of aliphatic hydroxyl groups excluding tert-OH is 4. The van der Waals surface area contributed by atoms with Crippen molar-refractivity contribution in [2.24, 2.45) is 0 Å². The smallest absolute Gasteiger partial charge is 0.342 e. The van der Waals surface area contributed by atoms with E-state index in [4.69, 9.17) is 24.1 Å². The van der Waals surface area contributed by atoms with Gasteiger partial charge in [0.15, 0.2) is 0 Å². The Morgan fingerprint density at radius 1 is 1.15 bits per heavy atom. The lowest BCUT2D eigenvalue weighted by Gasteiger charge is -2.40. The van der Waals surface area contributed by atoms with Gasteiger partial charge in [0.05, 0.1) is 13.7 Å². The zero-order valence-electron chi connectivity index (χ0n) is 19.2. The highest BCUT2D eigenvalue weighted by Crippen LogP contribution is 2.44.